The molecule has 0 aliphatic rings. The summed E-state index contributed by atoms with van der Waals surface area (Å²) in [5, 5.41) is 15.4. The lowest BCUT2D eigenvalue weighted by atomic mass is 10.3. The summed E-state index contributed by atoms with van der Waals surface area (Å²) in [5.74, 6) is 0.0662. The van der Waals surface area contributed by atoms with E-state index in [1.165, 1.54) is 0 Å². The second kappa shape index (κ2) is 9.57. The van der Waals surface area contributed by atoms with E-state index >= 15 is 0 Å². The van der Waals surface area contributed by atoms with E-state index in [1.54, 1.807) is 0 Å². The van der Waals surface area contributed by atoms with Crippen molar-refractivity contribution in [2.45, 2.75) is 25.9 Å². The topological polar surface area (TPSA) is 64.6 Å². The second-order valence-corrected chi connectivity index (χ2v) is 4.22. The quantitative estimate of drug-likeness (QED) is 0.464. The minimum atomic E-state index is -0.381. The van der Waals surface area contributed by atoms with Crippen molar-refractivity contribution < 1.29 is 9.90 Å². The molecule has 0 aliphatic carbocycles. The number of aliphatic hydroxyl groups excluding tert-OH is 1. The van der Waals surface area contributed by atoms with Crippen LogP contribution >= 0.6 is 0 Å². The summed E-state index contributed by atoms with van der Waals surface area (Å²) < 4.78 is 0. The van der Waals surface area contributed by atoms with Gasteiger partial charge in [-0.3, -0.25) is 4.79 Å². The Hall–Kier alpha value is -0.650. The molecule has 1 unspecified atom stereocenters. The van der Waals surface area contributed by atoms with Crippen molar-refractivity contribution in [3.05, 3.63) is 0 Å². The Bertz CT molecular complexity index is 186. The van der Waals surface area contributed by atoms with Gasteiger partial charge in [0.15, 0.2) is 0 Å². The zero-order chi connectivity index (χ0) is 12.4. The van der Waals surface area contributed by atoms with Gasteiger partial charge in [-0.15, -0.1) is 0 Å². The summed E-state index contributed by atoms with van der Waals surface area (Å²) in [6.45, 7) is 4.53. The van der Waals surface area contributed by atoms with Crippen LogP contribution in [-0.2, 0) is 4.79 Å². The van der Waals surface area contributed by atoms with Gasteiger partial charge in [-0.25, -0.2) is 0 Å². The summed E-state index contributed by atoms with van der Waals surface area (Å²) in [4.78, 5) is 13.1. The molecule has 0 rings (SSSR count). The molecule has 0 bridgehead atoms. The summed E-state index contributed by atoms with van der Waals surface area (Å²) in [6.07, 6.45) is 1.05. The third-order valence-corrected chi connectivity index (χ3v) is 2.06. The highest BCUT2D eigenvalue weighted by Crippen LogP contribution is 1.85. The van der Waals surface area contributed by atoms with Gasteiger partial charge in [0.05, 0.1) is 6.10 Å². The molecule has 96 valence electrons. The first-order valence-electron chi connectivity index (χ1n) is 5.86. The Labute approximate surface area is 98.2 Å². The number of likely N-dealkylation sites (N-methyl/N-ethyl adjacent to an activating group) is 1. The van der Waals surface area contributed by atoms with E-state index < -0.39 is 0 Å². The first-order chi connectivity index (χ1) is 7.56. The first kappa shape index (κ1) is 15.3. The minimum absolute atomic E-state index is 0.0662. The number of carbonyl (C=O) groups excluding carboxylic acids is 1. The van der Waals surface area contributed by atoms with Crippen molar-refractivity contribution in [1.29, 1.82) is 0 Å². The minimum Gasteiger partial charge on any atom is -0.390 e. The monoisotopic (exact) mass is 231 g/mol. The third-order valence-electron chi connectivity index (χ3n) is 2.06. The summed E-state index contributed by atoms with van der Waals surface area (Å²) in [5.41, 5.74) is 0. The van der Waals surface area contributed by atoms with Crippen molar-refractivity contribution in [1.82, 2.24) is 15.5 Å². The molecule has 1 amide bonds. The zero-order valence-electron chi connectivity index (χ0n) is 10.6. The molecule has 3 N–H and O–H groups in total. The Balaban J connectivity index is 3.35. The normalized spacial score (nSPS) is 12.8. The van der Waals surface area contributed by atoms with Crippen LogP contribution in [0.1, 0.15) is 19.8 Å². The van der Waals surface area contributed by atoms with Crippen LogP contribution in [0.3, 0.4) is 0 Å². The average molecular weight is 231 g/mol. The molecule has 0 radical (unpaired) electrons. The van der Waals surface area contributed by atoms with Crippen LogP contribution in [0, 0.1) is 0 Å². The summed E-state index contributed by atoms with van der Waals surface area (Å²) in [7, 11) is 3.84. The van der Waals surface area contributed by atoms with Gasteiger partial charge in [-0.2, -0.15) is 0 Å². The fourth-order valence-electron chi connectivity index (χ4n) is 1.31. The highest BCUT2D eigenvalue weighted by atomic mass is 16.3. The molecule has 5 nitrogen and oxygen atoms in total. The second-order valence-electron chi connectivity index (χ2n) is 4.22. The Morgan fingerprint density at radius 1 is 1.38 bits per heavy atom. The fraction of sp³-hybridized carbons (Fsp3) is 0.909. The molecule has 0 aromatic rings. The molecule has 0 saturated carbocycles. The van der Waals surface area contributed by atoms with Gasteiger partial charge in [0.1, 0.15) is 0 Å². The molecule has 0 aromatic carbocycles. The van der Waals surface area contributed by atoms with Crippen molar-refractivity contribution in [3.8, 4) is 0 Å². The molecule has 0 spiro atoms. The fourth-order valence-corrected chi connectivity index (χ4v) is 1.31. The Morgan fingerprint density at radius 2 is 2.06 bits per heavy atom. The summed E-state index contributed by atoms with van der Waals surface area (Å²) >= 11 is 0. The van der Waals surface area contributed by atoms with Gasteiger partial charge >= 0.3 is 0 Å². The van der Waals surface area contributed by atoms with Crippen molar-refractivity contribution in [3.63, 3.8) is 0 Å². The Kier molecular flexibility index (Phi) is 9.18. The molecular weight excluding hydrogens is 206 g/mol. The third kappa shape index (κ3) is 9.89. The highest BCUT2D eigenvalue weighted by molar-refractivity contribution is 5.75. The maximum absolute atomic E-state index is 11.2. The van der Waals surface area contributed by atoms with Crippen LogP contribution in [0.25, 0.3) is 0 Å². The van der Waals surface area contributed by atoms with Crippen LogP contribution < -0.4 is 10.6 Å². The predicted octanol–water partition coefficient (Wildman–Crippen LogP) is -0.585. The molecule has 16 heavy (non-hydrogen) atoms. The number of amides is 1. The number of hydrogen-bond acceptors (Lipinski definition) is 4. The van der Waals surface area contributed by atoms with Crippen LogP contribution in [0.2, 0.25) is 0 Å². The molecule has 0 heterocycles. The van der Waals surface area contributed by atoms with Crippen molar-refractivity contribution in [2.75, 3.05) is 40.3 Å². The molecular formula is C11H25N3O2. The van der Waals surface area contributed by atoms with E-state index in [1.807, 2.05) is 25.9 Å². The zero-order valence-corrected chi connectivity index (χ0v) is 10.6. The van der Waals surface area contributed by atoms with Gasteiger partial charge in [0.2, 0.25) is 5.91 Å². The number of nitrogens with one attached hydrogen (secondary N) is 2. The molecule has 0 aromatic heterocycles. The largest absolute Gasteiger partial charge is 0.390 e. The first-order valence-corrected chi connectivity index (χ1v) is 5.86. The van der Waals surface area contributed by atoms with Gasteiger partial charge in [-0.05, 0) is 20.5 Å². The van der Waals surface area contributed by atoms with E-state index in [0.717, 1.165) is 13.0 Å². The van der Waals surface area contributed by atoms with Crippen LogP contribution in [0.5, 0.6) is 0 Å². The number of carbonyl (C=O) groups is 1. The summed E-state index contributed by atoms with van der Waals surface area (Å²) in [6, 6.07) is 0. The average Bonchev–Trinajstić information content (AvgIpc) is 2.20. The Morgan fingerprint density at radius 3 is 2.62 bits per heavy atom. The van der Waals surface area contributed by atoms with Crippen LogP contribution in [-0.4, -0.2) is 62.3 Å². The number of aliphatic hydroxyl groups is 1. The molecule has 0 saturated heterocycles. The van der Waals surface area contributed by atoms with Crippen LogP contribution in [0.15, 0.2) is 0 Å². The standard InChI is InChI=1S/C11H25N3O2/c1-4-6-13-11(16)5-7-12-8-10(15)9-14(2)3/h10,12,15H,4-9H2,1-3H3,(H,13,16). The highest BCUT2D eigenvalue weighted by Gasteiger charge is 2.05. The lowest BCUT2D eigenvalue weighted by Gasteiger charge is -2.16. The van der Waals surface area contributed by atoms with E-state index in [0.29, 0.717) is 26.1 Å². The lowest BCUT2D eigenvalue weighted by Crippen LogP contribution is -2.36. The van der Waals surface area contributed by atoms with Crippen LogP contribution in [0.4, 0.5) is 0 Å². The van der Waals surface area contributed by atoms with E-state index in [-0.39, 0.29) is 12.0 Å². The van der Waals surface area contributed by atoms with Gasteiger partial charge in [0.25, 0.3) is 0 Å². The van der Waals surface area contributed by atoms with Gasteiger partial charge in [-0.1, -0.05) is 6.92 Å². The van der Waals surface area contributed by atoms with E-state index in [4.69, 9.17) is 0 Å². The maximum Gasteiger partial charge on any atom is 0.221 e. The maximum atomic E-state index is 11.2. The van der Waals surface area contributed by atoms with E-state index in [9.17, 15) is 9.90 Å². The number of hydrogen-bond donors (Lipinski definition) is 3. The predicted molar refractivity (Wildman–Crippen MR) is 65.3 cm³/mol. The van der Waals surface area contributed by atoms with Crippen molar-refractivity contribution in [2.24, 2.45) is 0 Å². The molecule has 1 atom stereocenters. The van der Waals surface area contributed by atoms with Gasteiger partial charge < -0.3 is 20.6 Å². The van der Waals surface area contributed by atoms with Crippen molar-refractivity contribution >= 4 is 5.91 Å². The van der Waals surface area contributed by atoms with E-state index in [2.05, 4.69) is 10.6 Å². The smallest absolute Gasteiger partial charge is 0.221 e. The molecule has 0 fully saturated rings. The molecule has 5 heteroatoms. The molecule has 0 aliphatic heterocycles. The lowest BCUT2D eigenvalue weighted by molar-refractivity contribution is -0.121. The van der Waals surface area contributed by atoms with Gasteiger partial charge in [0, 0.05) is 32.6 Å². The number of nitrogens with zero attached hydrogens (tertiary/aromatic N) is 1. The SMILES string of the molecule is CCCNC(=O)CCNCC(O)CN(C)C. The number of rotatable bonds is 9.